The highest BCUT2D eigenvalue weighted by molar-refractivity contribution is 7.73. The molecule has 0 bridgehead atoms. The standard InChI is InChI=1S/C15H17N5O2S2/c1-3-7-20-13-12(24-15(20)23)14(22)19(10-17-13)9-11(21)18(4-2)8-5-6-16/h3,10H,1,4-5,7-9H2,2H3. The molecule has 0 unspecified atom stereocenters. The average Bonchev–Trinajstić information content (AvgIpc) is 2.88. The molecular formula is C15H17N5O2S2. The Morgan fingerprint density at radius 3 is 3.00 bits per heavy atom. The second kappa shape index (κ2) is 7.99. The van der Waals surface area contributed by atoms with Gasteiger partial charge in [0.05, 0.1) is 12.5 Å². The maximum atomic E-state index is 12.6. The van der Waals surface area contributed by atoms with Crippen LogP contribution in [0.1, 0.15) is 13.3 Å². The fraction of sp³-hybridized carbons (Fsp3) is 0.400. The minimum Gasteiger partial charge on any atom is -0.340 e. The Labute approximate surface area is 148 Å². The molecule has 0 saturated heterocycles. The molecule has 24 heavy (non-hydrogen) atoms. The average molecular weight is 363 g/mol. The van der Waals surface area contributed by atoms with Crippen molar-refractivity contribution < 1.29 is 4.79 Å². The first-order valence-electron chi connectivity index (χ1n) is 7.37. The van der Waals surface area contributed by atoms with Crippen LogP contribution in [0, 0.1) is 15.3 Å². The third-order valence-corrected chi connectivity index (χ3v) is 4.91. The molecule has 0 N–H and O–H groups in total. The van der Waals surface area contributed by atoms with Crippen LogP contribution in [0.5, 0.6) is 0 Å². The number of carbonyl (C=O) groups excluding carboxylic acids is 1. The van der Waals surface area contributed by atoms with Crippen molar-refractivity contribution in [1.82, 2.24) is 19.0 Å². The summed E-state index contributed by atoms with van der Waals surface area (Å²) in [7, 11) is 0. The van der Waals surface area contributed by atoms with Crippen molar-refractivity contribution in [3.05, 3.63) is 33.3 Å². The van der Waals surface area contributed by atoms with Gasteiger partial charge >= 0.3 is 0 Å². The van der Waals surface area contributed by atoms with Crippen molar-refractivity contribution in [3.8, 4) is 6.07 Å². The molecule has 0 saturated carbocycles. The number of hydrogen-bond acceptors (Lipinski definition) is 6. The van der Waals surface area contributed by atoms with Gasteiger partial charge in [0.1, 0.15) is 17.6 Å². The number of carbonyl (C=O) groups is 1. The van der Waals surface area contributed by atoms with Crippen LogP contribution >= 0.6 is 23.6 Å². The number of amides is 1. The molecule has 2 aromatic heterocycles. The van der Waals surface area contributed by atoms with Crippen LogP contribution < -0.4 is 5.56 Å². The summed E-state index contributed by atoms with van der Waals surface area (Å²) in [6.45, 7) is 6.72. The van der Waals surface area contributed by atoms with Crippen LogP contribution in [0.2, 0.25) is 0 Å². The summed E-state index contributed by atoms with van der Waals surface area (Å²) in [6.07, 6.45) is 3.31. The van der Waals surface area contributed by atoms with Crippen molar-refractivity contribution in [3.63, 3.8) is 0 Å². The second-order valence-corrected chi connectivity index (χ2v) is 6.62. The van der Waals surface area contributed by atoms with Gasteiger partial charge in [0.25, 0.3) is 5.56 Å². The molecule has 2 aromatic rings. The van der Waals surface area contributed by atoms with Gasteiger partial charge in [0.2, 0.25) is 5.91 Å². The topological polar surface area (TPSA) is 83.9 Å². The number of hydrogen-bond donors (Lipinski definition) is 0. The number of fused-ring (bicyclic) bond motifs is 1. The van der Waals surface area contributed by atoms with Crippen molar-refractivity contribution in [1.29, 1.82) is 5.26 Å². The summed E-state index contributed by atoms with van der Waals surface area (Å²) in [5.74, 6) is -0.217. The number of rotatable bonds is 7. The van der Waals surface area contributed by atoms with Crippen LogP contribution in [0.15, 0.2) is 23.8 Å². The third kappa shape index (κ3) is 3.60. The zero-order valence-corrected chi connectivity index (χ0v) is 14.9. The fourth-order valence-electron chi connectivity index (χ4n) is 2.26. The zero-order chi connectivity index (χ0) is 17.7. The van der Waals surface area contributed by atoms with E-state index in [4.69, 9.17) is 17.5 Å². The molecule has 0 aliphatic carbocycles. The van der Waals surface area contributed by atoms with Gasteiger partial charge in [-0.15, -0.1) is 6.58 Å². The molecule has 1 amide bonds. The van der Waals surface area contributed by atoms with Crippen LogP contribution in [0.3, 0.4) is 0 Å². The number of nitriles is 1. The molecule has 7 nitrogen and oxygen atoms in total. The first-order chi connectivity index (χ1) is 11.5. The monoisotopic (exact) mass is 363 g/mol. The van der Waals surface area contributed by atoms with E-state index in [2.05, 4.69) is 11.6 Å². The number of aromatic nitrogens is 3. The largest absolute Gasteiger partial charge is 0.340 e. The van der Waals surface area contributed by atoms with E-state index in [1.807, 2.05) is 13.0 Å². The fourth-order valence-corrected chi connectivity index (χ4v) is 3.58. The molecule has 0 aromatic carbocycles. The predicted molar refractivity (Wildman–Crippen MR) is 95.4 cm³/mol. The zero-order valence-electron chi connectivity index (χ0n) is 13.3. The van der Waals surface area contributed by atoms with Crippen LogP contribution in [-0.4, -0.2) is 38.0 Å². The van der Waals surface area contributed by atoms with Crippen LogP contribution in [0.4, 0.5) is 0 Å². The van der Waals surface area contributed by atoms with Crippen molar-refractivity contribution in [2.45, 2.75) is 26.4 Å². The lowest BCUT2D eigenvalue weighted by molar-refractivity contribution is -0.131. The van der Waals surface area contributed by atoms with E-state index >= 15 is 0 Å². The van der Waals surface area contributed by atoms with E-state index in [0.717, 1.165) is 0 Å². The molecule has 0 atom stereocenters. The van der Waals surface area contributed by atoms with Gasteiger partial charge in [0.15, 0.2) is 9.60 Å². The molecule has 0 spiro atoms. The van der Waals surface area contributed by atoms with Gasteiger partial charge in [-0.1, -0.05) is 17.4 Å². The first-order valence-corrected chi connectivity index (χ1v) is 8.60. The van der Waals surface area contributed by atoms with E-state index in [-0.39, 0.29) is 24.4 Å². The number of nitrogens with zero attached hydrogens (tertiary/aromatic N) is 5. The van der Waals surface area contributed by atoms with E-state index < -0.39 is 0 Å². The van der Waals surface area contributed by atoms with Crippen molar-refractivity contribution in [2.24, 2.45) is 0 Å². The van der Waals surface area contributed by atoms with Crippen LogP contribution in [-0.2, 0) is 17.9 Å². The molecule has 0 aliphatic heterocycles. The predicted octanol–water partition coefficient (Wildman–Crippen LogP) is 1.94. The Kier molecular flexibility index (Phi) is 6.00. The number of likely N-dealkylation sites (N-methyl/N-ethyl adjacent to an activating group) is 1. The van der Waals surface area contributed by atoms with Gasteiger partial charge in [-0.3, -0.25) is 14.2 Å². The highest BCUT2D eigenvalue weighted by atomic mass is 32.1. The minimum atomic E-state index is -0.288. The van der Waals surface area contributed by atoms with E-state index in [9.17, 15) is 9.59 Å². The van der Waals surface area contributed by atoms with Crippen molar-refractivity contribution >= 4 is 39.8 Å². The van der Waals surface area contributed by atoms with E-state index in [1.165, 1.54) is 22.2 Å². The molecular weight excluding hydrogens is 346 g/mol. The Balaban J connectivity index is 2.34. The van der Waals surface area contributed by atoms with E-state index in [0.29, 0.717) is 33.9 Å². The summed E-state index contributed by atoms with van der Waals surface area (Å²) in [4.78, 5) is 30.7. The quantitative estimate of drug-likeness (QED) is 0.554. The van der Waals surface area contributed by atoms with Crippen molar-refractivity contribution in [2.75, 3.05) is 13.1 Å². The lowest BCUT2D eigenvalue weighted by atomic mass is 10.3. The molecule has 9 heteroatoms. The number of allylic oxidation sites excluding steroid dienone is 1. The molecule has 0 aliphatic rings. The molecule has 126 valence electrons. The van der Waals surface area contributed by atoms with Crippen LogP contribution in [0.25, 0.3) is 10.3 Å². The molecule has 0 fully saturated rings. The maximum Gasteiger partial charge on any atom is 0.273 e. The molecule has 0 radical (unpaired) electrons. The number of thiazole rings is 1. The van der Waals surface area contributed by atoms with Gasteiger partial charge < -0.3 is 9.47 Å². The third-order valence-electron chi connectivity index (χ3n) is 3.49. The summed E-state index contributed by atoms with van der Waals surface area (Å²) in [5, 5.41) is 8.65. The van der Waals surface area contributed by atoms with Gasteiger partial charge in [-0.25, -0.2) is 4.98 Å². The summed E-state index contributed by atoms with van der Waals surface area (Å²) in [5.41, 5.74) is 0.221. The lowest BCUT2D eigenvalue weighted by Gasteiger charge is -2.19. The minimum absolute atomic E-state index is 0.104. The Morgan fingerprint density at radius 2 is 2.38 bits per heavy atom. The summed E-state index contributed by atoms with van der Waals surface area (Å²) >= 11 is 6.44. The van der Waals surface area contributed by atoms with E-state index in [1.54, 1.807) is 15.5 Å². The lowest BCUT2D eigenvalue weighted by Crippen LogP contribution is -2.37. The first kappa shape index (κ1) is 18.0. The SMILES string of the molecule is C=CCn1c(=S)sc2c(=O)n(CC(=O)N(CC)CCC#N)cnc21. The van der Waals surface area contributed by atoms with Gasteiger partial charge in [-0.2, -0.15) is 5.26 Å². The summed E-state index contributed by atoms with van der Waals surface area (Å²) < 4.78 is 3.99. The highest BCUT2D eigenvalue weighted by Gasteiger charge is 2.16. The Bertz CT molecular complexity index is 919. The Hall–Kier alpha value is -2.31. The Morgan fingerprint density at radius 1 is 1.62 bits per heavy atom. The van der Waals surface area contributed by atoms with Gasteiger partial charge in [-0.05, 0) is 19.1 Å². The van der Waals surface area contributed by atoms with Gasteiger partial charge in [0, 0.05) is 19.6 Å². The summed E-state index contributed by atoms with van der Waals surface area (Å²) in [6, 6.07) is 2.01. The maximum absolute atomic E-state index is 12.6. The highest BCUT2D eigenvalue weighted by Crippen LogP contribution is 2.17. The molecule has 2 heterocycles. The molecule has 2 rings (SSSR count). The normalized spacial score (nSPS) is 10.5. The smallest absolute Gasteiger partial charge is 0.273 e. The second-order valence-electron chi connectivity index (χ2n) is 4.98.